The van der Waals surface area contributed by atoms with E-state index in [4.69, 9.17) is 4.74 Å². The standard InChI is InChI=1S/C22H21BrN2O3/c1-3-12-25-21(26)19(15-8-10-18(11-9-15)28-13-4-2)20(22(25)27)24-17-7-5-6-16(23)14-17/h3,5-11,14,24H,1,4,12-13H2,2H3. The Kier molecular flexibility index (Phi) is 6.31. The van der Waals surface area contributed by atoms with Crippen LogP contribution in [0.5, 0.6) is 5.75 Å². The molecule has 0 fully saturated rings. The van der Waals surface area contributed by atoms with Crippen molar-refractivity contribution < 1.29 is 14.3 Å². The topological polar surface area (TPSA) is 58.6 Å². The number of benzene rings is 2. The maximum absolute atomic E-state index is 12.9. The maximum atomic E-state index is 12.9. The van der Waals surface area contributed by atoms with Gasteiger partial charge in [-0.05, 0) is 42.3 Å². The highest BCUT2D eigenvalue weighted by Gasteiger charge is 2.38. The number of rotatable bonds is 8. The Balaban J connectivity index is 2.00. The quantitative estimate of drug-likeness (QED) is 0.480. The van der Waals surface area contributed by atoms with Gasteiger partial charge < -0.3 is 10.1 Å². The predicted molar refractivity (Wildman–Crippen MR) is 114 cm³/mol. The van der Waals surface area contributed by atoms with Crippen molar-refractivity contribution >= 4 is 39.0 Å². The van der Waals surface area contributed by atoms with E-state index in [1.54, 1.807) is 12.1 Å². The molecule has 0 aliphatic carbocycles. The third-order valence-electron chi connectivity index (χ3n) is 4.19. The summed E-state index contributed by atoms with van der Waals surface area (Å²) in [7, 11) is 0. The molecule has 0 saturated heterocycles. The smallest absolute Gasteiger partial charge is 0.278 e. The zero-order chi connectivity index (χ0) is 20.1. The van der Waals surface area contributed by atoms with Gasteiger partial charge in [-0.25, -0.2) is 0 Å². The highest BCUT2D eigenvalue weighted by atomic mass is 79.9. The van der Waals surface area contributed by atoms with Gasteiger partial charge in [0, 0.05) is 16.7 Å². The number of nitrogens with zero attached hydrogens (tertiary/aromatic N) is 1. The summed E-state index contributed by atoms with van der Waals surface area (Å²) in [6.45, 7) is 6.46. The SMILES string of the molecule is C=CCN1C(=O)C(Nc2cccc(Br)c2)=C(c2ccc(OCCC)cc2)C1=O. The number of imide groups is 1. The van der Waals surface area contributed by atoms with Gasteiger partial charge in [-0.2, -0.15) is 0 Å². The second-order valence-corrected chi connectivity index (χ2v) is 7.18. The molecule has 0 radical (unpaired) electrons. The van der Waals surface area contributed by atoms with Gasteiger partial charge in [0.2, 0.25) is 0 Å². The molecule has 2 aromatic carbocycles. The van der Waals surface area contributed by atoms with E-state index in [1.165, 1.54) is 11.0 Å². The van der Waals surface area contributed by atoms with Gasteiger partial charge >= 0.3 is 0 Å². The molecule has 28 heavy (non-hydrogen) atoms. The molecule has 1 heterocycles. The van der Waals surface area contributed by atoms with Crippen molar-refractivity contribution in [1.29, 1.82) is 0 Å². The van der Waals surface area contributed by atoms with Gasteiger partial charge in [-0.1, -0.05) is 47.1 Å². The summed E-state index contributed by atoms with van der Waals surface area (Å²) in [5, 5.41) is 3.12. The van der Waals surface area contributed by atoms with E-state index in [-0.39, 0.29) is 24.1 Å². The van der Waals surface area contributed by atoms with Gasteiger partial charge in [0.05, 0.1) is 12.2 Å². The lowest BCUT2D eigenvalue weighted by Gasteiger charge is -2.12. The summed E-state index contributed by atoms with van der Waals surface area (Å²) in [4.78, 5) is 27.0. The molecule has 0 atom stereocenters. The van der Waals surface area contributed by atoms with E-state index in [0.29, 0.717) is 23.4 Å². The maximum Gasteiger partial charge on any atom is 0.278 e. The van der Waals surface area contributed by atoms with E-state index < -0.39 is 0 Å². The molecular formula is C22H21BrN2O3. The van der Waals surface area contributed by atoms with E-state index in [0.717, 1.165) is 16.6 Å². The largest absolute Gasteiger partial charge is 0.494 e. The number of hydrogen-bond acceptors (Lipinski definition) is 4. The fraction of sp³-hybridized carbons (Fsp3) is 0.182. The summed E-state index contributed by atoms with van der Waals surface area (Å²) in [6.07, 6.45) is 2.45. The lowest BCUT2D eigenvalue weighted by molar-refractivity contribution is -0.136. The van der Waals surface area contributed by atoms with Crippen LogP contribution in [0, 0.1) is 0 Å². The van der Waals surface area contributed by atoms with Crippen LogP contribution in [0.4, 0.5) is 5.69 Å². The number of hydrogen-bond donors (Lipinski definition) is 1. The minimum atomic E-state index is -0.369. The molecule has 0 spiro atoms. The van der Waals surface area contributed by atoms with Crippen molar-refractivity contribution in [1.82, 2.24) is 4.90 Å². The Bertz CT molecular complexity index is 935. The van der Waals surface area contributed by atoms with E-state index in [2.05, 4.69) is 27.8 Å². The summed E-state index contributed by atoms with van der Waals surface area (Å²) in [6, 6.07) is 14.6. The molecule has 1 aliphatic rings. The van der Waals surface area contributed by atoms with Gasteiger partial charge in [-0.3, -0.25) is 14.5 Å². The van der Waals surface area contributed by atoms with Crippen LogP contribution in [0.25, 0.3) is 5.57 Å². The van der Waals surface area contributed by atoms with Crippen LogP contribution in [0.1, 0.15) is 18.9 Å². The Morgan fingerprint density at radius 2 is 1.89 bits per heavy atom. The average molecular weight is 441 g/mol. The first kappa shape index (κ1) is 19.9. The van der Waals surface area contributed by atoms with Crippen LogP contribution in [-0.4, -0.2) is 29.9 Å². The number of amides is 2. The third kappa shape index (κ3) is 4.17. The molecule has 6 heteroatoms. The summed E-state index contributed by atoms with van der Waals surface area (Å²) < 4.78 is 6.48. The second-order valence-electron chi connectivity index (χ2n) is 6.27. The van der Waals surface area contributed by atoms with Crippen LogP contribution < -0.4 is 10.1 Å². The van der Waals surface area contributed by atoms with Crippen molar-refractivity contribution in [3.8, 4) is 5.75 Å². The monoisotopic (exact) mass is 440 g/mol. The van der Waals surface area contributed by atoms with Crippen molar-refractivity contribution in [3.63, 3.8) is 0 Å². The highest BCUT2D eigenvalue weighted by Crippen LogP contribution is 2.31. The molecule has 2 amide bonds. The first-order valence-corrected chi connectivity index (χ1v) is 9.81. The van der Waals surface area contributed by atoms with Crippen LogP contribution in [0.3, 0.4) is 0 Å². The van der Waals surface area contributed by atoms with Gasteiger partial charge in [0.15, 0.2) is 0 Å². The number of ether oxygens (including phenoxy) is 1. The van der Waals surface area contributed by atoms with Crippen molar-refractivity contribution in [3.05, 3.63) is 76.9 Å². The lowest BCUT2D eigenvalue weighted by Crippen LogP contribution is -2.32. The Morgan fingerprint density at radius 1 is 1.14 bits per heavy atom. The normalized spacial score (nSPS) is 13.9. The molecule has 3 rings (SSSR count). The summed E-state index contributed by atoms with van der Waals surface area (Å²) in [5.74, 6) is 0.0169. The fourth-order valence-electron chi connectivity index (χ4n) is 2.90. The van der Waals surface area contributed by atoms with E-state index >= 15 is 0 Å². The predicted octanol–water partition coefficient (Wildman–Crippen LogP) is 4.62. The Labute approximate surface area is 172 Å². The number of carbonyl (C=O) groups is 2. The molecular weight excluding hydrogens is 420 g/mol. The Morgan fingerprint density at radius 3 is 2.54 bits per heavy atom. The summed E-state index contributed by atoms with van der Waals surface area (Å²) in [5.41, 5.74) is 1.97. The van der Waals surface area contributed by atoms with Crippen molar-refractivity contribution in [2.24, 2.45) is 0 Å². The van der Waals surface area contributed by atoms with Crippen LogP contribution in [0.2, 0.25) is 0 Å². The lowest BCUT2D eigenvalue weighted by atomic mass is 10.0. The minimum absolute atomic E-state index is 0.155. The zero-order valence-electron chi connectivity index (χ0n) is 15.6. The molecule has 0 unspecified atom stereocenters. The molecule has 0 aromatic heterocycles. The first-order chi connectivity index (χ1) is 13.5. The van der Waals surface area contributed by atoms with Gasteiger partial charge in [0.25, 0.3) is 11.8 Å². The van der Waals surface area contributed by atoms with Crippen LogP contribution >= 0.6 is 15.9 Å². The molecule has 1 N–H and O–H groups in total. The molecule has 1 aliphatic heterocycles. The minimum Gasteiger partial charge on any atom is -0.494 e. The molecule has 144 valence electrons. The fourth-order valence-corrected chi connectivity index (χ4v) is 3.30. The first-order valence-electron chi connectivity index (χ1n) is 9.02. The highest BCUT2D eigenvalue weighted by molar-refractivity contribution is 9.10. The molecule has 0 bridgehead atoms. The third-order valence-corrected chi connectivity index (χ3v) is 4.68. The van der Waals surface area contributed by atoms with E-state index in [9.17, 15) is 9.59 Å². The molecule has 5 nitrogen and oxygen atoms in total. The average Bonchev–Trinajstić information content (AvgIpc) is 2.91. The molecule has 0 saturated carbocycles. The Hall–Kier alpha value is -2.86. The van der Waals surface area contributed by atoms with Gasteiger partial charge in [0.1, 0.15) is 11.4 Å². The number of carbonyl (C=O) groups excluding carboxylic acids is 2. The second kappa shape index (κ2) is 8.89. The zero-order valence-corrected chi connectivity index (χ0v) is 17.2. The molecule has 2 aromatic rings. The number of anilines is 1. The van der Waals surface area contributed by atoms with Crippen LogP contribution in [-0.2, 0) is 9.59 Å². The van der Waals surface area contributed by atoms with Crippen molar-refractivity contribution in [2.75, 3.05) is 18.5 Å². The number of halogens is 1. The van der Waals surface area contributed by atoms with Crippen molar-refractivity contribution in [2.45, 2.75) is 13.3 Å². The van der Waals surface area contributed by atoms with Crippen LogP contribution in [0.15, 0.2) is 71.4 Å². The van der Waals surface area contributed by atoms with E-state index in [1.807, 2.05) is 43.3 Å². The van der Waals surface area contributed by atoms with Gasteiger partial charge in [-0.15, -0.1) is 6.58 Å². The number of nitrogens with one attached hydrogen (secondary N) is 1. The summed E-state index contributed by atoms with van der Waals surface area (Å²) >= 11 is 3.42.